The van der Waals surface area contributed by atoms with Crippen molar-refractivity contribution in [1.29, 1.82) is 0 Å². The van der Waals surface area contributed by atoms with E-state index in [2.05, 4.69) is 29.1 Å². The Morgan fingerprint density at radius 1 is 1.32 bits per heavy atom. The number of aryl methyl sites for hydroxylation is 1. The normalized spacial score (nSPS) is 11.2. The molecular weight excluding hydrogens is 258 g/mol. The lowest BCUT2D eigenvalue weighted by Crippen LogP contribution is -2.19. The fraction of sp³-hybridized carbons (Fsp3) is 0.429. The molecule has 4 nitrogen and oxygen atoms in total. The van der Waals surface area contributed by atoms with E-state index < -0.39 is 0 Å². The van der Waals surface area contributed by atoms with Gasteiger partial charge in [0.2, 0.25) is 0 Å². The first-order valence-corrected chi connectivity index (χ1v) is 7.20. The summed E-state index contributed by atoms with van der Waals surface area (Å²) in [7, 11) is 0. The molecule has 2 aromatic heterocycles. The monoisotopic (exact) mass is 277 g/mol. The smallest absolute Gasteiger partial charge is 0.192 e. The van der Waals surface area contributed by atoms with Gasteiger partial charge in [-0.25, -0.2) is 9.97 Å². The maximum absolute atomic E-state index is 5.25. The predicted molar refractivity (Wildman–Crippen MR) is 76.1 cm³/mol. The second-order valence-electron chi connectivity index (χ2n) is 4.84. The molecule has 102 valence electrons. The number of furan rings is 1. The first-order valence-electron chi connectivity index (χ1n) is 6.38. The molecular formula is C14H19N3OS. The Balaban J connectivity index is 1.89. The van der Waals surface area contributed by atoms with Crippen LogP contribution in [0.4, 0.5) is 0 Å². The van der Waals surface area contributed by atoms with Gasteiger partial charge in [0.05, 0.1) is 11.2 Å². The zero-order valence-electron chi connectivity index (χ0n) is 11.5. The van der Waals surface area contributed by atoms with E-state index in [9.17, 15) is 0 Å². The van der Waals surface area contributed by atoms with Gasteiger partial charge >= 0.3 is 0 Å². The van der Waals surface area contributed by atoms with Crippen molar-refractivity contribution in [2.24, 2.45) is 5.92 Å². The quantitative estimate of drug-likeness (QED) is 0.821. The van der Waals surface area contributed by atoms with Crippen molar-refractivity contribution < 1.29 is 4.42 Å². The van der Waals surface area contributed by atoms with Crippen molar-refractivity contribution in [3.8, 4) is 0 Å². The zero-order valence-corrected chi connectivity index (χ0v) is 12.3. The molecule has 0 aromatic carbocycles. The molecule has 2 heterocycles. The molecule has 0 aliphatic heterocycles. The summed E-state index contributed by atoms with van der Waals surface area (Å²) < 4.78 is 5.25. The van der Waals surface area contributed by atoms with Gasteiger partial charge in [-0.2, -0.15) is 0 Å². The van der Waals surface area contributed by atoms with Crippen LogP contribution in [0.2, 0.25) is 0 Å². The summed E-state index contributed by atoms with van der Waals surface area (Å²) in [6.45, 7) is 8.14. The third-order valence-electron chi connectivity index (χ3n) is 2.58. The molecule has 0 atom stereocenters. The molecule has 0 unspecified atom stereocenters. The van der Waals surface area contributed by atoms with Gasteiger partial charge in [0.1, 0.15) is 5.76 Å². The van der Waals surface area contributed by atoms with Crippen LogP contribution in [0.25, 0.3) is 0 Å². The molecule has 0 saturated heterocycles. The molecule has 0 spiro atoms. The Labute approximate surface area is 118 Å². The molecule has 0 bridgehead atoms. The maximum atomic E-state index is 5.25. The Bertz CT molecular complexity index is 508. The molecule has 5 heteroatoms. The van der Waals surface area contributed by atoms with E-state index in [4.69, 9.17) is 4.42 Å². The SMILES string of the molecule is Cc1occc1Sc1ncc(CNCC(C)C)cn1. The first-order chi connectivity index (χ1) is 9.15. The van der Waals surface area contributed by atoms with Gasteiger partial charge in [-0.15, -0.1) is 0 Å². The highest BCUT2D eigenvalue weighted by Gasteiger charge is 2.06. The average molecular weight is 277 g/mol. The summed E-state index contributed by atoms with van der Waals surface area (Å²) >= 11 is 1.52. The van der Waals surface area contributed by atoms with Crippen LogP contribution in [-0.4, -0.2) is 16.5 Å². The summed E-state index contributed by atoms with van der Waals surface area (Å²) in [5.41, 5.74) is 1.11. The van der Waals surface area contributed by atoms with Crippen LogP contribution in [-0.2, 0) is 6.54 Å². The van der Waals surface area contributed by atoms with E-state index in [-0.39, 0.29) is 0 Å². The molecule has 19 heavy (non-hydrogen) atoms. The fourth-order valence-corrected chi connectivity index (χ4v) is 2.29. The second-order valence-corrected chi connectivity index (χ2v) is 5.85. The number of nitrogens with one attached hydrogen (secondary N) is 1. The minimum atomic E-state index is 0.653. The van der Waals surface area contributed by atoms with Gasteiger partial charge in [-0.05, 0) is 37.2 Å². The summed E-state index contributed by atoms with van der Waals surface area (Å²) in [4.78, 5) is 9.79. The summed E-state index contributed by atoms with van der Waals surface area (Å²) in [5.74, 6) is 1.55. The molecule has 1 N–H and O–H groups in total. The number of aromatic nitrogens is 2. The van der Waals surface area contributed by atoms with Crippen molar-refractivity contribution in [3.05, 3.63) is 36.0 Å². The Morgan fingerprint density at radius 3 is 2.63 bits per heavy atom. The van der Waals surface area contributed by atoms with E-state index >= 15 is 0 Å². The summed E-state index contributed by atoms with van der Waals surface area (Å²) in [6.07, 6.45) is 5.43. The standard InChI is InChI=1S/C14H19N3OS/c1-10(2)6-15-7-12-8-16-14(17-9-12)19-13-4-5-18-11(13)3/h4-5,8-10,15H,6-7H2,1-3H3. The third kappa shape index (κ3) is 4.36. The molecule has 0 aliphatic rings. The fourth-order valence-electron chi connectivity index (χ4n) is 1.57. The number of hydrogen-bond acceptors (Lipinski definition) is 5. The van der Waals surface area contributed by atoms with Crippen LogP contribution in [0.1, 0.15) is 25.2 Å². The van der Waals surface area contributed by atoms with E-state index in [0.29, 0.717) is 5.92 Å². The minimum Gasteiger partial charge on any atom is -0.468 e. The summed E-state index contributed by atoms with van der Waals surface area (Å²) in [5, 5.41) is 4.12. The molecule has 0 amide bonds. The van der Waals surface area contributed by atoms with Crippen molar-refractivity contribution in [3.63, 3.8) is 0 Å². The van der Waals surface area contributed by atoms with E-state index in [1.807, 2.05) is 25.4 Å². The Kier molecular flexibility index (Phi) is 4.99. The predicted octanol–water partition coefficient (Wildman–Crippen LogP) is 3.27. The van der Waals surface area contributed by atoms with Crippen molar-refractivity contribution in [2.75, 3.05) is 6.54 Å². The molecule has 0 aliphatic carbocycles. The second kappa shape index (κ2) is 6.73. The van der Waals surface area contributed by atoms with Crippen molar-refractivity contribution >= 4 is 11.8 Å². The van der Waals surface area contributed by atoms with Gasteiger partial charge in [0.15, 0.2) is 5.16 Å². The Hall–Kier alpha value is -1.33. The van der Waals surface area contributed by atoms with E-state index in [1.165, 1.54) is 11.8 Å². The minimum absolute atomic E-state index is 0.653. The van der Waals surface area contributed by atoms with Crippen LogP contribution in [0.15, 0.2) is 39.2 Å². The van der Waals surface area contributed by atoms with Gasteiger partial charge in [-0.1, -0.05) is 13.8 Å². The van der Waals surface area contributed by atoms with Gasteiger partial charge in [-0.3, -0.25) is 0 Å². The molecule has 0 saturated carbocycles. The molecule has 2 aromatic rings. The van der Waals surface area contributed by atoms with Crippen LogP contribution in [0.3, 0.4) is 0 Å². The highest BCUT2D eigenvalue weighted by Crippen LogP contribution is 2.27. The van der Waals surface area contributed by atoms with Crippen molar-refractivity contribution in [1.82, 2.24) is 15.3 Å². The van der Waals surface area contributed by atoms with E-state index in [0.717, 1.165) is 34.5 Å². The summed E-state index contributed by atoms with van der Waals surface area (Å²) in [6, 6.07) is 1.93. The average Bonchev–Trinajstić information content (AvgIpc) is 2.77. The van der Waals surface area contributed by atoms with Crippen molar-refractivity contribution in [2.45, 2.75) is 37.4 Å². The zero-order chi connectivity index (χ0) is 13.7. The number of rotatable bonds is 6. The topological polar surface area (TPSA) is 51.0 Å². The molecule has 2 rings (SSSR count). The largest absolute Gasteiger partial charge is 0.468 e. The third-order valence-corrected chi connectivity index (χ3v) is 3.61. The maximum Gasteiger partial charge on any atom is 0.192 e. The number of nitrogens with zero attached hydrogens (tertiary/aromatic N) is 2. The lowest BCUT2D eigenvalue weighted by molar-refractivity contribution is 0.527. The van der Waals surface area contributed by atoms with Crippen LogP contribution >= 0.6 is 11.8 Å². The van der Waals surface area contributed by atoms with Crippen LogP contribution in [0.5, 0.6) is 0 Å². The van der Waals surface area contributed by atoms with Gasteiger partial charge in [0.25, 0.3) is 0 Å². The highest BCUT2D eigenvalue weighted by atomic mass is 32.2. The van der Waals surface area contributed by atoms with Crippen LogP contribution < -0.4 is 5.32 Å². The molecule has 0 radical (unpaired) electrons. The highest BCUT2D eigenvalue weighted by molar-refractivity contribution is 7.99. The van der Waals surface area contributed by atoms with Gasteiger partial charge < -0.3 is 9.73 Å². The lowest BCUT2D eigenvalue weighted by atomic mass is 10.2. The molecule has 0 fully saturated rings. The van der Waals surface area contributed by atoms with Crippen LogP contribution in [0, 0.1) is 12.8 Å². The van der Waals surface area contributed by atoms with Gasteiger partial charge in [0, 0.05) is 24.5 Å². The van der Waals surface area contributed by atoms with E-state index in [1.54, 1.807) is 6.26 Å². The first kappa shape index (κ1) is 14.1. The lowest BCUT2D eigenvalue weighted by Gasteiger charge is -2.07. The Morgan fingerprint density at radius 2 is 2.05 bits per heavy atom. The number of hydrogen-bond donors (Lipinski definition) is 1.